The molecule has 0 aliphatic carbocycles. The Labute approximate surface area is 115 Å². The van der Waals surface area contributed by atoms with E-state index in [-0.39, 0.29) is 0 Å². The van der Waals surface area contributed by atoms with Crippen LogP contribution in [-0.4, -0.2) is 59.7 Å². The van der Waals surface area contributed by atoms with Crippen LogP contribution >= 0.6 is 0 Å². The molecule has 19 heavy (non-hydrogen) atoms. The number of likely N-dealkylation sites (N-methyl/N-ethyl adjacent to an activating group) is 1. The predicted octanol–water partition coefficient (Wildman–Crippen LogP) is 0.0649. The van der Waals surface area contributed by atoms with Crippen LogP contribution in [0.15, 0.2) is 24.3 Å². The Bertz CT molecular complexity index is 406. The highest BCUT2D eigenvalue weighted by Crippen LogP contribution is 2.20. The molecule has 0 aromatic heterocycles. The van der Waals surface area contributed by atoms with Gasteiger partial charge in [0, 0.05) is 32.2 Å². The fourth-order valence-corrected chi connectivity index (χ4v) is 2.66. The van der Waals surface area contributed by atoms with E-state index in [0.29, 0.717) is 11.5 Å². The van der Waals surface area contributed by atoms with Gasteiger partial charge in [-0.2, -0.15) is 0 Å². The van der Waals surface area contributed by atoms with E-state index in [2.05, 4.69) is 29.7 Å². The second-order valence-electron chi connectivity index (χ2n) is 5.19. The molecule has 1 aromatic carbocycles. The van der Waals surface area contributed by atoms with E-state index in [1.165, 1.54) is 0 Å². The topological polar surface area (TPSA) is 46.9 Å². The van der Waals surface area contributed by atoms with Gasteiger partial charge in [0.25, 0.3) is 0 Å². The van der Waals surface area contributed by atoms with Gasteiger partial charge in [-0.05, 0) is 24.5 Å². The van der Waals surface area contributed by atoms with Crippen LogP contribution in [0.2, 0.25) is 0 Å². The minimum Gasteiger partial charge on any atom is -0.423 e. The molecule has 0 spiro atoms. The van der Waals surface area contributed by atoms with Crippen LogP contribution in [0.5, 0.6) is 0 Å². The van der Waals surface area contributed by atoms with Crippen LogP contribution in [-0.2, 0) is 0 Å². The van der Waals surface area contributed by atoms with Crippen LogP contribution in [0.3, 0.4) is 0 Å². The maximum Gasteiger partial charge on any atom is 0.488 e. The van der Waals surface area contributed by atoms with Gasteiger partial charge in [0.15, 0.2) is 0 Å². The lowest BCUT2D eigenvalue weighted by atomic mass is 9.79. The minimum absolute atomic E-state index is 0.317. The van der Waals surface area contributed by atoms with Crippen molar-refractivity contribution in [1.29, 1.82) is 0 Å². The van der Waals surface area contributed by atoms with Gasteiger partial charge in [0.05, 0.1) is 0 Å². The Hall–Kier alpha value is -0.875. The second kappa shape index (κ2) is 6.52. The smallest absolute Gasteiger partial charge is 0.423 e. The number of hydrogen-bond acceptors (Lipinski definition) is 4. The molecule has 0 amide bonds. The van der Waals surface area contributed by atoms with E-state index < -0.39 is 7.12 Å². The fourth-order valence-electron chi connectivity index (χ4n) is 2.66. The number of nitrogens with zero attached hydrogens (tertiary/aromatic N) is 2. The SMILES string of the molecule is CCN1CCN([C@H](C)c2cccc(B(O)O)c2)CC1. The summed E-state index contributed by atoms with van der Waals surface area (Å²) in [5.74, 6) is 0. The molecule has 0 saturated carbocycles. The molecule has 1 aliphatic heterocycles. The fraction of sp³-hybridized carbons (Fsp3) is 0.571. The van der Waals surface area contributed by atoms with Crippen LogP contribution in [0.4, 0.5) is 0 Å². The highest BCUT2D eigenvalue weighted by Gasteiger charge is 2.22. The normalized spacial score (nSPS) is 19.4. The van der Waals surface area contributed by atoms with Crippen molar-refractivity contribution in [3.63, 3.8) is 0 Å². The van der Waals surface area contributed by atoms with Gasteiger partial charge in [-0.15, -0.1) is 0 Å². The lowest BCUT2D eigenvalue weighted by Crippen LogP contribution is -2.47. The quantitative estimate of drug-likeness (QED) is 0.754. The molecule has 4 nitrogen and oxygen atoms in total. The Kier molecular flexibility index (Phi) is 4.99. The average molecular weight is 262 g/mol. The summed E-state index contributed by atoms with van der Waals surface area (Å²) in [6.45, 7) is 9.87. The third kappa shape index (κ3) is 3.57. The summed E-state index contributed by atoms with van der Waals surface area (Å²) in [7, 11) is -1.39. The molecule has 0 bridgehead atoms. The first kappa shape index (κ1) is 14.5. The molecule has 2 rings (SSSR count). The first-order chi connectivity index (χ1) is 9.11. The van der Waals surface area contributed by atoms with Crippen molar-refractivity contribution >= 4 is 12.6 Å². The monoisotopic (exact) mass is 262 g/mol. The largest absolute Gasteiger partial charge is 0.488 e. The Balaban J connectivity index is 2.03. The van der Waals surface area contributed by atoms with Gasteiger partial charge in [-0.1, -0.05) is 31.2 Å². The second-order valence-corrected chi connectivity index (χ2v) is 5.19. The molecular weight excluding hydrogens is 239 g/mol. The Morgan fingerprint density at radius 3 is 2.47 bits per heavy atom. The standard InChI is InChI=1S/C14H23BN2O2/c1-3-16-7-9-17(10-8-16)12(2)13-5-4-6-14(11-13)15(18)19/h4-6,11-12,18-19H,3,7-10H2,1-2H3/t12-/m1/s1. The molecule has 0 radical (unpaired) electrons. The third-order valence-corrected chi connectivity index (χ3v) is 4.09. The minimum atomic E-state index is -1.39. The zero-order valence-corrected chi connectivity index (χ0v) is 11.8. The van der Waals surface area contributed by atoms with Crippen LogP contribution < -0.4 is 5.46 Å². The lowest BCUT2D eigenvalue weighted by molar-refractivity contribution is 0.106. The van der Waals surface area contributed by atoms with Gasteiger partial charge in [-0.3, -0.25) is 4.90 Å². The third-order valence-electron chi connectivity index (χ3n) is 4.09. The van der Waals surface area contributed by atoms with Gasteiger partial charge < -0.3 is 14.9 Å². The summed E-state index contributed by atoms with van der Waals surface area (Å²) in [6, 6.07) is 7.90. The molecule has 1 aromatic rings. The first-order valence-electron chi connectivity index (χ1n) is 7.04. The van der Waals surface area contributed by atoms with Gasteiger partial charge in [0.2, 0.25) is 0 Å². The van der Waals surface area contributed by atoms with Crippen molar-refractivity contribution in [1.82, 2.24) is 9.80 Å². The molecular formula is C14H23BN2O2. The van der Waals surface area contributed by atoms with Crippen molar-refractivity contribution in [3.05, 3.63) is 29.8 Å². The van der Waals surface area contributed by atoms with Crippen molar-refractivity contribution in [2.75, 3.05) is 32.7 Å². The molecule has 1 aliphatic rings. The van der Waals surface area contributed by atoms with E-state index >= 15 is 0 Å². The maximum absolute atomic E-state index is 9.24. The number of piperazine rings is 1. The van der Waals surface area contributed by atoms with E-state index in [4.69, 9.17) is 0 Å². The molecule has 5 heteroatoms. The molecule has 1 heterocycles. The summed E-state index contributed by atoms with van der Waals surface area (Å²) in [5.41, 5.74) is 1.71. The molecule has 2 N–H and O–H groups in total. The van der Waals surface area contributed by atoms with E-state index in [1.807, 2.05) is 12.1 Å². The van der Waals surface area contributed by atoms with E-state index in [1.54, 1.807) is 6.07 Å². The van der Waals surface area contributed by atoms with Gasteiger partial charge in [-0.25, -0.2) is 0 Å². The predicted molar refractivity (Wildman–Crippen MR) is 78.4 cm³/mol. The maximum atomic E-state index is 9.24. The van der Waals surface area contributed by atoms with Gasteiger partial charge >= 0.3 is 7.12 Å². The summed E-state index contributed by atoms with van der Waals surface area (Å²) in [4.78, 5) is 4.91. The zero-order valence-electron chi connectivity index (χ0n) is 11.8. The average Bonchev–Trinajstić information content (AvgIpc) is 2.46. The summed E-state index contributed by atoms with van der Waals surface area (Å²) in [5, 5.41) is 18.5. The molecule has 104 valence electrons. The van der Waals surface area contributed by atoms with Crippen molar-refractivity contribution in [2.24, 2.45) is 0 Å². The Morgan fingerprint density at radius 1 is 1.21 bits per heavy atom. The first-order valence-corrected chi connectivity index (χ1v) is 7.04. The van der Waals surface area contributed by atoms with E-state index in [9.17, 15) is 10.0 Å². The van der Waals surface area contributed by atoms with Crippen molar-refractivity contribution < 1.29 is 10.0 Å². The van der Waals surface area contributed by atoms with Crippen LogP contribution in [0, 0.1) is 0 Å². The highest BCUT2D eigenvalue weighted by molar-refractivity contribution is 6.58. The molecule has 1 fully saturated rings. The van der Waals surface area contributed by atoms with Crippen LogP contribution in [0.25, 0.3) is 0 Å². The summed E-state index contributed by atoms with van der Waals surface area (Å²) >= 11 is 0. The van der Waals surface area contributed by atoms with Gasteiger partial charge in [0.1, 0.15) is 0 Å². The number of hydrogen-bond donors (Lipinski definition) is 2. The highest BCUT2D eigenvalue weighted by atomic mass is 16.4. The van der Waals surface area contributed by atoms with Crippen molar-refractivity contribution in [2.45, 2.75) is 19.9 Å². The van der Waals surface area contributed by atoms with E-state index in [0.717, 1.165) is 38.3 Å². The molecule has 0 unspecified atom stereocenters. The summed E-state index contributed by atoms with van der Waals surface area (Å²) in [6.07, 6.45) is 0. The zero-order chi connectivity index (χ0) is 13.8. The number of benzene rings is 1. The lowest BCUT2D eigenvalue weighted by Gasteiger charge is -2.37. The van der Waals surface area contributed by atoms with Crippen LogP contribution in [0.1, 0.15) is 25.5 Å². The van der Waals surface area contributed by atoms with Crippen molar-refractivity contribution in [3.8, 4) is 0 Å². The number of rotatable bonds is 4. The summed E-state index contributed by atoms with van der Waals surface area (Å²) < 4.78 is 0. The Morgan fingerprint density at radius 2 is 1.89 bits per heavy atom. The molecule has 1 saturated heterocycles. The molecule has 1 atom stereocenters.